The summed E-state index contributed by atoms with van der Waals surface area (Å²) in [5.41, 5.74) is 5.16. The lowest BCUT2D eigenvalue weighted by Gasteiger charge is -2.20. The highest BCUT2D eigenvalue weighted by atomic mass is 16.5. The lowest BCUT2D eigenvalue weighted by Crippen LogP contribution is -2.25. The number of aryl methyl sites for hydroxylation is 1. The Bertz CT molecular complexity index is 651. The summed E-state index contributed by atoms with van der Waals surface area (Å²) in [4.78, 5) is 17.3. The van der Waals surface area contributed by atoms with Crippen LogP contribution in [0, 0.1) is 0 Å². The number of hydrogen-bond acceptors (Lipinski definition) is 8. The van der Waals surface area contributed by atoms with E-state index < -0.39 is 5.91 Å². The molecule has 0 bridgehead atoms. The molecular formula is C12H18N8O2. The fourth-order valence-electron chi connectivity index (χ4n) is 2.67. The van der Waals surface area contributed by atoms with Crippen LogP contribution in [0.2, 0.25) is 0 Å². The molecule has 0 radical (unpaired) electrons. The first-order valence-corrected chi connectivity index (χ1v) is 7.31. The van der Waals surface area contributed by atoms with Crippen molar-refractivity contribution in [3.05, 3.63) is 17.5 Å². The molecule has 3 rings (SSSR count). The van der Waals surface area contributed by atoms with Gasteiger partial charge in [0.25, 0.3) is 11.7 Å². The number of primary amides is 1. The van der Waals surface area contributed by atoms with Crippen molar-refractivity contribution in [3.63, 3.8) is 0 Å². The normalized spacial score (nSPS) is 18.9. The largest absolute Gasteiger partial charge is 0.363 e. The SMILES string of the molecule is CCCn1nnnc1CN1CCC[C@H]1c1nc(C(N)=O)no1. The smallest absolute Gasteiger partial charge is 0.290 e. The average Bonchev–Trinajstić information content (AvgIpc) is 3.20. The molecule has 118 valence electrons. The first-order chi connectivity index (χ1) is 10.7. The standard InChI is InChI=1S/C12H18N8O2/c1-2-5-20-9(15-17-18-20)7-19-6-3-4-8(19)12-14-11(10(13)21)16-22-12/h8H,2-7H2,1H3,(H2,13,21)/t8-/m0/s1. The Balaban J connectivity index is 1.75. The maximum absolute atomic E-state index is 11.1. The van der Waals surface area contributed by atoms with Crippen LogP contribution in [-0.4, -0.2) is 47.7 Å². The fraction of sp³-hybridized carbons (Fsp3) is 0.667. The molecule has 10 nitrogen and oxygen atoms in total. The molecule has 3 heterocycles. The van der Waals surface area contributed by atoms with Gasteiger partial charge in [-0.3, -0.25) is 9.69 Å². The van der Waals surface area contributed by atoms with Gasteiger partial charge in [0.05, 0.1) is 12.6 Å². The zero-order valence-corrected chi connectivity index (χ0v) is 12.3. The van der Waals surface area contributed by atoms with E-state index in [2.05, 4.69) is 37.5 Å². The van der Waals surface area contributed by atoms with Crippen LogP contribution in [-0.2, 0) is 13.1 Å². The number of aromatic nitrogens is 6. The average molecular weight is 306 g/mol. The maximum Gasteiger partial charge on any atom is 0.290 e. The van der Waals surface area contributed by atoms with Gasteiger partial charge in [-0.1, -0.05) is 12.1 Å². The van der Waals surface area contributed by atoms with Crippen LogP contribution in [0.5, 0.6) is 0 Å². The quantitative estimate of drug-likeness (QED) is 0.783. The second-order valence-electron chi connectivity index (χ2n) is 5.27. The molecular weight excluding hydrogens is 288 g/mol. The number of nitrogens with two attached hydrogens (primary N) is 1. The van der Waals surface area contributed by atoms with Crippen LogP contribution in [0.1, 0.15) is 54.6 Å². The zero-order chi connectivity index (χ0) is 15.5. The second kappa shape index (κ2) is 6.18. The molecule has 1 saturated heterocycles. The summed E-state index contributed by atoms with van der Waals surface area (Å²) in [7, 11) is 0. The van der Waals surface area contributed by atoms with Gasteiger partial charge >= 0.3 is 0 Å². The minimum Gasteiger partial charge on any atom is -0.363 e. The number of hydrogen-bond donors (Lipinski definition) is 1. The first-order valence-electron chi connectivity index (χ1n) is 7.31. The molecule has 1 fully saturated rings. The van der Waals surface area contributed by atoms with Crippen LogP contribution in [0.4, 0.5) is 0 Å². The van der Waals surface area contributed by atoms with Crippen LogP contribution < -0.4 is 5.73 Å². The molecule has 10 heteroatoms. The topological polar surface area (TPSA) is 129 Å². The molecule has 1 atom stereocenters. The Kier molecular flexibility index (Phi) is 4.09. The van der Waals surface area contributed by atoms with Gasteiger partial charge in [0, 0.05) is 6.54 Å². The monoisotopic (exact) mass is 306 g/mol. The molecule has 0 unspecified atom stereocenters. The lowest BCUT2D eigenvalue weighted by atomic mass is 10.2. The third kappa shape index (κ3) is 2.82. The van der Waals surface area contributed by atoms with Crippen molar-refractivity contribution in [1.82, 2.24) is 35.2 Å². The predicted octanol–water partition coefficient (Wildman–Crippen LogP) is -0.0979. The summed E-state index contributed by atoms with van der Waals surface area (Å²) in [6.45, 7) is 4.35. The number of nitrogens with zero attached hydrogens (tertiary/aromatic N) is 7. The summed E-state index contributed by atoms with van der Waals surface area (Å²) in [6, 6.07) is -0.0348. The third-order valence-electron chi connectivity index (χ3n) is 3.70. The van der Waals surface area contributed by atoms with E-state index in [0.29, 0.717) is 12.4 Å². The van der Waals surface area contributed by atoms with Crippen LogP contribution in [0.15, 0.2) is 4.52 Å². The van der Waals surface area contributed by atoms with Crippen LogP contribution in [0.3, 0.4) is 0 Å². The molecule has 2 N–H and O–H groups in total. The number of carbonyl (C=O) groups is 1. The van der Waals surface area contributed by atoms with Gasteiger partial charge in [-0.25, -0.2) is 4.68 Å². The molecule has 0 spiro atoms. The van der Waals surface area contributed by atoms with E-state index in [-0.39, 0.29) is 11.9 Å². The summed E-state index contributed by atoms with van der Waals surface area (Å²) in [5, 5.41) is 15.4. The van der Waals surface area contributed by atoms with E-state index in [0.717, 1.165) is 38.2 Å². The number of amides is 1. The highest BCUT2D eigenvalue weighted by Gasteiger charge is 2.32. The van der Waals surface area contributed by atoms with E-state index >= 15 is 0 Å². The highest BCUT2D eigenvalue weighted by molar-refractivity contribution is 5.88. The predicted molar refractivity (Wildman–Crippen MR) is 73.3 cm³/mol. The van der Waals surface area contributed by atoms with E-state index in [1.165, 1.54) is 0 Å². The molecule has 2 aromatic rings. The molecule has 0 aliphatic carbocycles. The van der Waals surface area contributed by atoms with Gasteiger partial charge < -0.3 is 10.3 Å². The Morgan fingerprint density at radius 2 is 2.36 bits per heavy atom. The minimum atomic E-state index is -0.688. The summed E-state index contributed by atoms with van der Waals surface area (Å²) < 4.78 is 6.98. The summed E-state index contributed by atoms with van der Waals surface area (Å²) in [6.07, 6.45) is 2.86. The van der Waals surface area contributed by atoms with E-state index in [9.17, 15) is 4.79 Å². The van der Waals surface area contributed by atoms with Crippen molar-refractivity contribution in [3.8, 4) is 0 Å². The maximum atomic E-state index is 11.1. The Labute approximate surface area is 126 Å². The minimum absolute atomic E-state index is 0.0348. The third-order valence-corrected chi connectivity index (χ3v) is 3.70. The number of likely N-dealkylation sites (tertiary alicyclic amines) is 1. The van der Waals surface area contributed by atoms with E-state index in [1.807, 2.05) is 0 Å². The van der Waals surface area contributed by atoms with E-state index in [4.69, 9.17) is 10.3 Å². The van der Waals surface area contributed by atoms with Crippen molar-refractivity contribution in [1.29, 1.82) is 0 Å². The summed E-state index contributed by atoms with van der Waals surface area (Å²) >= 11 is 0. The highest BCUT2D eigenvalue weighted by Crippen LogP contribution is 2.31. The molecule has 1 aliphatic rings. The van der Waals surface area contributed by atoms with Gasteiger partial charge in [0.1, 0.15) is 0 Å². The van der Waals surface area contributed by atoms with Crippen LogP contribution >= 0.6 is 0 Å². The fourth-order valence-corrected chi connectivity index (χ4v) is 2.67. The Morgan fingerprint density at radius 3 is 3.09 bits per heavy atom. The number of rotatable bonds is 6. The van der Waals surface area contributed by atoms with Gasteiger partial charge in [0.2, 0.25) is 5.89 Å². The molecule has 0 aromatic carbocycles. The van der Waals surface area contributed by atoms with Gasteiger partial charge in [-0.05, 0) is 36.2 Å². The first kappa shape index (κ1) is 14.6. The van der Waals surface area contributed by atoms with E-state index in [1.54, 1.807) is 4.68 Å². The number of tetrazole rings is 1. The zero-order valence-electron chi connectivity index (χ0n) is 12.3. The van der Waals surface area contributed by atoms with Crippen molar-refractivity contribution in [2.75, 3.05) is 6.54 Å². The molecule has 22 heavy (non-hydrogen) atoms. The lowest BCUT2D eigenvalue weighted by molar-refractivity contribution is 0.0987. The molecule has 0 saturated carbocycles. The van der Waals surface area contributed by atoms with Gasteiger partial charge in [-0.2, -0.15) is 4.98 Å². The van der Waals surface area contributed by atoms with Crippen molar-refractivity contribution < 1.29 is 9.32 Å². The van der Waals surface area contributed by atoms with Crippen LogP contribution in [0.25, 0.3) is 0 Å². The number of carbonyl (C=O) groups excluding carboxylic acids is 1. The van der Waals surface area contributed by atoms with Gasteiger partial charge in [-0.15, -0.1) is 5.10 Å². The second-order valence-corrected chi connectivity index (χ2v) is 5.27. The summed E-state index contributed by atoms with van der Waals surface area (Å²) in [5.74, 6) is 0.452. The van der Waals surface area contributed by atoms with Crippen molar-refractivity contribution in [2.45, 2.75) is 45.3 Å². The molecule has 1 amide bonds. The Hall–Kier alpha value is -2.36. The van der Waals surface area contributed by atoms with Crippen molar-refractivity contribution >= 4 is 5.91 Å². The van der Waals surface area contributed by atoms with Gasteiger partial charge in [0.15, 0.2) is 5.82 Å². The Morgan fingerprint density at radius 1 is 1.50 bits per heavy atom. The molecule has 1 aliphatic heterocycles. The van der Waals surface area contributed by atoms with Crippen molar-refractivity contribution in [2.24, 2.45) is 5.73 Å². The molecule has 2 aromatic heterocycles.